The summed E-state index contributed by atoms with van der Waals surface area (Å²) in [5.74, 6) is 1.58. The zero-order valence-corrected chi connectivity index (χ0v) is 15.7. The van der Waals surface area contributed by atoms with Gasteiger partial charge in [-0.2, -0.15) is 4.98 Å². The monoisotopic (exact) mass is 361 g/mol. The van der Waals surface area contributed by atoms with Gasteiger partial charge < -0.3 is 9.84 Å². The fraction of sp³-hybridized carbons (Fsp3) is 0.318. The molecule has 5 heteroatoms. The maximum atomic E-state index is 12.5. The SMILES string of the molecule is Cc1ccc(NC(=O)c2ccc(-c3noc(C4CCCC4)n3)cc2)cc1C. The second kappa shape index (κ2) is 7.35. The number of aromatic nitrogens is 2. The number of carbonyl (C=O) groups excluding carboxylic acids is 1. The third-order valence-corrected chi connectivity index (χ3v) is 5.32. The van der Waals surface area contributed by atoms with Gasteiger partial charge in [0.2, 0.25) is 11.7 Å². The maximum absolute atomic E-state index is 12.5. The second-order valence-electron chi connectivity index (χ2n) is 7.27. The summed E-state index contributed by atoms with van der Waals surface area (Å²) in [5, 5.41) is 7.04. The Morgan fingerprint density at radius 1 is 1.04 bits per heavy atom. The van der Waals surface area contributed by atoms with Crippen molar-refractivity contribution < 1.29 is 9.32 Å². The van der Waals surface area contributed by atoms with Gasteiger partial charge in [-0.1, -0.05) is 36.2 Å². The largest absolute Gasteiger partial charge is 0.339 e. The number of carbonyl (C=O) groups is 1. The number of amides is 1. The van der Waals surface area contributed by atoms with Crippen LogP contribution in [0, 0.1) is 13.8 Å². The Balaban J connectivity index is 1.46. The van der Waals surface area contributed by atoms with Crippen LogP contribution >= 0.6 is 0 Å². The number of rotatable bonds is 4. The standard InChI is InChI=1S/C22H23N3O2/c1-14-7-12-19(13-15(14)2)23-21(26)17-10-8-16(9-11-17)20-24-22(27-25-20)18-5-3-4-6-18/h7-13,18H,3-6H2,1-2H3,(H,23,26). The predicted octanol–water partition coefficient (Wildman–Crippen LogP) is 5.26. The Morgan fingerprint density at radius 3 is 2.48 bits per heavy atom. The molecule has 1 fully saturated rings. The molecule has 5 nitrogen and oxygen atoms in total. The maximum Gasteiger partial charge on any atom is 0.255 e. The lowest BCUT2D eigenvalue weighted by molar-refractivity contribution is 0.102. The zero-order valence-electron chi connectivity index (χ0n) is 15.7. The molecule has 138 valence electrons. The number of nitrogens with one attached hydrogen (secondary N) is 1. The lowest BCUT2D eigenvalue weighted by Crippen LogP contribution is -2.11. The third-order valence-electron chi connectivity index (χ3n) is 5.32. The summed E-state index contributed by atoms with van der Waals surface area (Å²) < 4.78 is 5.44. The average Bonchev–Trinajstić information content (AvgIpc) is 3.36. The van der Waals surface area contributed by atoms with Crippen LogP contribution in [-0.4, -0.2) is 16.0 Å². The highest BCUT2D eigenvalue weighted by atomic mass is 16.5. The molecule has 1 aliphatic rings. The van der Waals surface area contributed by atoms with E-state index >= 15 is 0 Å². The smallest absolute Gasteiger partial charge is 0.255 e. The van der Waals surface area contributed by atoms with Crippen LogP contribution in [0.3, 0.4) is 0 Å². The van der Waals surface area contributed by atoms with Crippen LogP contribution < -0.4 is 5.32 Å². The molecule has 2 aromatic carbocycles. The van der Waals surface area contributed by atoms with E-state index in [0.717, 1.165) is 35.5 Å². The third kappa shape index (κ3) is 3.77. The molecule has 4 rings (SSSR count). The summed E-state index contributed by atoms with van der Waals surface area (Å²) in [7, 11) is 0. The Bertz CT molecular complexity index is 954. The lowest BCUT2D eigenvalue weighted by Gasteiger charge is -2.08. The first-order valence-corrected chi connectivity index (χ1v) is 9.43. The fourth-order valence-corrected chi connectivity index (χ4v) is 3.48. The van der Waals surface area contributed by atoms with Gasteiger partial charge in [-0.05, 0) is 62.1 Å². The Hall–Kier alpha value is -2.95. The van der Waals surface area contributed by atoms with Gasteiger partial charge in [0.1, 0.15) is 0 Å². The van der Waals surface area contributed by atoms with Crippen molar-refractivity contribution in [3.8, 4) is 11.4 Å². The molecule has 0 unspecified atom stereocenters. The van der Waals surface area contributed by atoms with Gasteiger partial charge in [-0.3, -0.25) is 4.79 Å². The van der Waals surface area contributed by atoms with Crippen molar-refractivity contribution in [2.75, 3.05) is 5.32 Å². The summed E-state index contributed by atoms with van der Waals surface area (Å²) in [4.78, 5) is 17.0. The second-order valence-corrected chi connectivity index (χ2v) is 7.27. The van der Waals surface area contributed by atoms with Crippen molar-refractivity contribution in [2.45, 2.75) is 45.4 Å². The molecule has 3 aromatic rings. The van der Waals surface area contributed by atoms with Gasteiger partial charge in [0.15, 0.2) is 0 Å². The number of nitrogens with zero attached hydrogens (tertiary/aromatic N) is 2. The number of benzene rings is 2. The van der Waals surface area contributed by atoms with Gasteiger partial charge in [0.25, 0.3) is 5.91 Å². The summed E-state index contributed by atoms with van der Waals surface area (Å²) >= 11 is 0. The van der Waals surface area contributed by atoms with Crippen molar-refractivity contribution in [3.63, 3.8) is 0 Å². The van der Waals surface area contributed by atoms with Crippen molar-refractivity contribution >= 4 is 11.6 Å². The van der Waals surface area contributed by atoms with E-state index in [1.807, 2.05) is 37.3 Å². The molecular weight excluding hydrogens is 338 g/mol. The molecule has 1 saturated carbocycles. The molecule has 1 N–H and O–H groups in total. The molecular formula is C22H23N3O2. The van der Waals surface area contributed by atoms with E-state index in [4.69, 9.17) is 4.52 Å². The molecule has 0 aliphatic heterocycles. The molecule has 1 amide bonds. The van der Waals surface area contributed by atoms with E-state index in [1.54, 1.807) is 12.1 Å². The minimum absolute atomic E-state index is 0.135. The Morgan fingerprint density at radius 2 is 1.78 bits per heavy atom. The summed E-state index contributed by atoms with van der Waals surface area (Å²) in [6.45, 7) is 4.08. The molecule has 27 heavy (non-hydrogen) atoms. The van der Waals surface area contributed by atoms with E-state index in [1.165, 1.54) is 18.4 Å². The van der Waals surface area contributed by atoms with Crippen LogP contribution in [0.5, 0.6) is 0 Å². The summed E-state index contributed by atoms with van der Waals surface area (Å²) in [5.41, 5.74) is 4.60. The predicted molar refractivity (Wildman–Crippen MR) is 105 cm³/mol. The van der Waals surface area contributed by atoms with E-state index < -0.39 is 0 Å². The summed E-state index contributed by atoms with van der Waals surface area (Å²) in [6, 6.07) is 13.2. The van der Waals surface area contributed by atoms with E-state index in [2.05, 4.69) is 22.4 Å². The molecule has 0 bridgehead atoms. The van der Waals surface area contributed by atoms with Crippen molar-refractivity contribution in [1.29, 1.82) is 0 Å². The minimum Gasteiger partial charge on any atom is -0.339 e. The number of hydrogen-bond donors (Lipinski definition) is 1. The number of anilines is 1. The van der Waals surface area contributed by atoms with Crippen LogP contribution in [0.4, 0.5) is 5.69 Å². The first-order valence-electron chi connectivity index (χ1n) is 9.43. The minimum atomic E-state index is -0.135. The van der Waals surface area contributed by atoms with Crippen LogP contribution in [0.25, 0.3) is 11.4 Å². The molecule has 0 spiro atoms. The van der Waals surface area contributed by atoms with Crippen molar-refractivity contribution in [2.24, 2.45) is 0 Å². The van der Waals surface area contributed by atoms with Crippen LogP contribution in [0.1, 0.15) is 59.0 Å². The number of aryl methyl sites for hydroxylation is 2. The van der Waals surface area contributed by atoms with Gasteiger partial charge in [-0.25, -0.2) is 0 Å². The lowest BCUT2D eigenvalue weighted by atomic mass is 10.1. The zero-order chi connectivity index (χ0) is 18.8. The first-order chi connectivity index (χ1) is 13.1. The van der Waals surface area contributed by atoms with E-state index in [9.17, 15) is 4.79 Å². The molecule has 1 aromatic heterocycles. The van der Waals surface area contributed by atoms with Gasteiger partial charge in [-0.15, -0.1) is 0 Å². The Labute approximate surface area is 158 Å². The van der Waals surface area contributed by atoms with Crippen molar-refractivity contribution in [1.82, 2.24) is 10.1 Å². The molecule has 1 aliphatic carbocycles. The van der Waals surface area contributed by atoms with Crippen LogP contribution in [0.15, 0.2) is 47.0 Å². The highest BCUT2D eigenvalue weighted by Crippen LogP contribution is 2.33. The van der Waals surface area contributed by atoms with E-state index in [0.29, 0.717) is 17.3 Å². The highest BCUT2D eigenvalue weighted by Gasteiger charge is 2.23. The first kappa shape index (κ1) is 17.5. The molecule has 0 atom stereocenters. The van der Waals surface area contributed by atoms with Crippen LogP contribution in [0.2, 0.25) is 0 Å². The normalized spacial score (nSPS) is 14.4. The quantitative estimate of drug-likeness (QED) is 0.688. The summed E-state index contributed by atoms with van der Waals surface area (Å²) in [6.07, 6.45) is 4.71. The van der Waals surface area contributed by atoms with Crippen molar-refractivity contribution in [3.05, 3.63) is 65.0 Å². The number of hydrogen-bond acceptors (Lipinski definition) is 4. The van der Waals surface area contributed by atoms with Gasteiger partial charge in [0.05, 0.1) is 0 Å². The average molecular weight is 361 g/mol. The van der Waals surface area contributed by atoms with Crippen LogP contribution in [-0.2, 0) is 0 Å². The van der Waals surface area contributed by atoms with E-state index in [-0.39, 0.29) is 5.91 Å². The van der Waals surface area contributed by atoms with Gasteiger partial charge in [0, 0.05) is 22.7 Å². The molecule has 0 saturated heterocycles. The molecule has 1 heterocycles. The topological polar surface area (TPSA) is 68.0 Å². The fourth-order valence-electron chi connectivity index (χ4n) is 3.48. The Kier molecular flexibility index (Phi) is 4.75. The van der Waals surface area contributed by atoms with Gasteiger partial charge >= 0.3 is 0 Å². The highest BCUT2D eigenvalue weighted by molar-refractivity contribution is 6.04. The molecule has 0 radical (unpaired) electrons.